The summed E-state index contributed by atoms with van der Waals surface area (Å²) < 4.78 is 6.98. The van der Waals surface area contributed by atoms with Crippen LogP contribution in [0.4, 0.5) is 5.82 Å². The molecular weight excluding hydrogens is 322 g/mol. The first-order chi connectivity index (χ1) is 12.0. The maximum atomic E-state index is 11.8. The van der Waals surface area contributed by atoms with Gasteiger partial charge in [0.1, 0.15) is 12.2 Å². The van der Waals surface area contributed by atoms with Gasteiger partial charge in [-0.1, -0.05) is 49.3 Å². The summed E-state index contributed by atoms with van der Waals surface area (Å²) in [6, 6.07) is 8.76. The molecule has 0 radical (unpaired) electrons. The fourth-order valence-corrected chi connectivity index (χ4v) is 2.64. The van der Waals surface area contributed by atoms with Crippen LogP contribution in [0.2, 0.25) is 0 Å². The fourth-order valence-electron chi connectivity index (χ4n) is 2.64. The summed E-state index contributed by atoms with van der Waals surface area (Å²) in [6.45, 7) is 4.01. The van der Waals surface area contributed by atoms with Crippen LogP contribution in [0.1, 0.15) is 36.1 Å². The predicted molar refractivity (Wildman–Crippen MR) is 91.1 cm³/mol. The molecule has 0 saturated heterocycles. The number of hydrogen-bond donors (Lipinski definition) is 2. The van der Waals surface area contributed by atoms with Crippen molar-refractivity contribution in [3.63, 3.8) is 0 Å². The van der Waals surface area contributed by atoms with E-state index in [1.165, 1.54) is 6.33 Å². The molecule has 0 aliphatic carbocycles. The van der Waals surface area contributed by atoms with Gasteiger partial charge in [0.15, 0.2) is 17.1 Å². The zero-order valence-electron chi connectivity index (χ0n) is 14.2. The third-order valence-corrected chi connectivity index (χ3v) is 3.93. The van der Waals surface area contributed by atoms with Crippen molar-refractivity contribution in [2.24, 2.45) is 13.0 Å². The van der Waals surface area contributed by atoms with Gasteiger partial charge >= 0.3 is 5.97 Å². The van der Waals surface area contributed by atoms with Crippen molar-refractivity contribution in [3.05, 3.63) is 48.0 Å². The normalized spacial score (nSPS) is 12.3. The molecule has 0 amide bonds. The molecule has 2 heterocycles. The first kappa shape index (κ1) is 16.7. The number of aromatic carboxylic acids is 1. The predicted octanol–water partition coefficient (Wildman–Crippen LogP) is 2.98. The highest BCUT2D eigenvalue weighted by molar-refractivity contribution is 5.99. The van der Waals surface area contributed by atoms with E-state index in [9.17, 15) is 9.90 Å². The molecule has 0 aliphatic rings. The van der Waals surface area contributed by atoms with E-state index in [0.29, 0.717) is 11.4 Å². The summed E-state index contributed by atoms with van der Waals surface area (Å²) in [4.78, 5) is 16.1. The Bertz CT molecular complexity index is 870. The van der Waals surface area contributed by atoms with Crippen molar-refractivity contribution in [1.29, 1.82) is 0 Å². The third kappa shape index (κ3) is 3.23. The Kier molecular flexibility index (Phi) is 4.51. The second-order valence-electron chi connectivity index (χ2n) is 6.01. The van der Waals surface area contributed by atoms with Crippen molar-refractivity contribution in [3.8, 4) is 11.3 Å². The van der Waals surface area contributed by atoms with Gasteiger partial charge in [0.2, 0.25) is 0 Å². The van der Waals surface area contributed by atoms with Crippen molar-refractivity contribution >= 4 is 11.8 Å². The second kappa shape index (κ2) is 6.76. The molecule has 2 N–H and O–H groups in total. The Morgan fingerprint density at radius 1 is 1.28 bits per heavy atom. The molecule has 1 unspecified atom stereocenters. The number of carboxylic acids is 1. The molecule has 3 rings (SSSR count). The SMILES string of the molecule is CC(C)C(Nc1noc(-c2ccccc2)c1C(=O)O)c1ncnn1C. The van der Waals surface area contributed by atoms with Crippen molar-refractivity contribution in [2.45, 2.75) is 19.9 Å². The summed E-state index contributed by atoms with van der Waals surface area (Å²) in [5.74, 6) is 0.101. The number of aryl methyl sites for hydroxylation is 1. The molecule has 0 bridgehead atoms. The number of carboxylic acid groups (broad SMARTS) is 1. The van der Waals surface area contributed by atoms with Crippen LogP contribution >= 0.6 is 0 Å². The zero-order chi connectivity index (χ0) is 18.0. The van der Waals surface area contributed by atoms with Crippen LogP contribution in [-0.2, 0) is 7.05 Å². The van der Waals surface area contributed by atoms with E-state index < -0.39 is 5.97 Å². The molecule has 130 valence electrons. The van der Waals surface area contributed by atoms with Gasteiger partial charge in [0.25, 0.3) is 0 Å². The number of rotatable bonds is 6. The van der Waals surface area contributed by atoms with Gasteiger partial charge in [-0.3, -0.25) is 4.68 Å². The molecule has 8 nitrogen and oxygen atoms in total. The summed E-state index contributed by atoms with van der Waals surface area (Å²) in [7, 11) is 1.79. The van der Waals surface area contributed by atoms with E-state index in [1.54, 1.807) is 23.9 Å². The van der Waals surface area contributed by atoms with Crippen LogP contribution in [0.25, 0.3) is 11.3 Å². The average molecular weight is 341 g/mol. The van der Waals surface area contributed by atoms with Crippen LogP contribution in [-0.4, -0.2) is 31.0 Å². The van der Waals surface area contributed by atoms with Gasteiger partial charge in [-0.05, 0) is 5.92 Å². The highest BCUT2D eigenvalue weighted by Gasteiger charge is 2.28. The van der Waals surface area contributed by atoms with Crippen molar-refractivity contribution < 1.29 is 14.4 Å². The minimum Gasteiger partial charge on any atom is -0.477 e. The number of hydrogen-bond acceptors (Lipinski definition) is 6. The Labute approximate surface area is 144 Å². The molecular formula is C17H19N5O3. The molecule has 2 aromatic heterocycles. The lowest BCUT2D eigenvalue weighted by Gasteiger charge is -2.21. The molecule has 25 heavy (non-hydrogen) atoms. The molecule has 8 heteroatoms. The van der Waals surface area contributed by atoms with Gasteiger partial charge in [-0.25, -0.2) is 9.78 Å². The summed E-state index contributed by atoms with van der Waals surface area (Å²) in [5, 5.41) is 20.8. The monoisotopic (exact) mass is 341 g/mol. The van der Waals surface area contributed by atoms with Gasteiger partial charge in [0, 0.05) is 12.6 Å². The molecule has 1 atom stereocenters. The number of nitrogens with zero attached hydrogens (tertiary/aromatic N) is 4. The topological polar surface area (TPSA) is 106 Å². The lowest BCUT2D eigenvalue weighted by atomic mass is 10.0. The summed E-state index contributed by atoms with van der Waals surface area (Å²) in [5.41, 5.74) is 0.652. The number of nitrogens with one attached hydrogen (secondary N) is 1. The average Bonchev–Trinajstić information content (AvgIpc) is 3.19. The molecule has 3 aromatic rings. The molecule has 0 spiro atoms. The minimum absolute atomic E-state index is 0.000909. The molecule has 0 fully saturated rings. The number of benzene rings is 1. The fraction of sp³-hybridized carbons (Fsp3) is 0.294. The Hall–Kier alpha value is -3.16. The van der Waals surface area contributed by atoms with Crippen LogP contribution < -0.4 is 5.32 Å². The van der Waals surface area contributed by atoms with E-state index in [2.05, 4.69) is 20.6 Å². The first-order valence-electron chi connectivity index (χ1n) is 7.87. The van der Waals surface area contributed by atoms with Gasteiger partial charge in [0.05, 0.1) is 6.04 Å². The molecule has 0 aliphatic heterocycles. The van der Waals surface area contributed by atoms with E-state index in [4.69, 9.17) is 4.52 Å². The minimum atomic E-state index is -1.11. The van der Waals surface area contributed by atoms with Gasteiger partial charge in [-0.2, -0.15) is 5.10 Å². The number of anilines is 1. The van der Waals surface area contributed by atoms with E-state index >= 15 is 0 Å². The van der Waals surface area contributed by atoms with E-state index in [-0.39, 0.29) is 29.1 Å². The van der Waals surface area contributed by atoms with Crippen molar-refractivity contribution in [1.82, 2.24) is 19.9 Å². The zero-order valence-corrected chi connectivity index (χ0v) is 14.2. The van der Waals surface area contributed by atoms with Crippen LogP contribution in [0, 0.1) is 5.92 Å². The van der Waals surface area contributed by atoms with Crippen LogP contribution in [0.15, 0.2) is 41.2 Å². The first-order valence-corrected chi connectivity index (χ1v) is 7.87. The highest BCUT2D eigenvalue weighted by atomic mass is 16.5. The molecule has 1 aromatic carbocycles. The maximum absolute atomic E-state index is 11.8. The Morgan fingerprint density at radius 3 is 2.56 bits per heavy atom. The van der Waals surface area contributed by atoms with Crippen LogP contribution in [0.3, 0.4) is 0 Å². The Balaban J connectivity index is 2.01. The maximum Gasteiger partial charge on any atom is 0.343 e. The lowest BCUT2D eigenvalue weighted by Crippen LogP contribution is -2.22. The van der Waals surface area contributed by atoms with Gasteiger partial charge < -0.3 is 14.9 Å². The smallest absolute Gasteiger partial charge is 0.343 e. The summed E-state index contributed by atoms with van der Waals surface area (Å²) in [6.07, 6.45) is 1.46. The quantitative estimate of drug-likeness (QED) is 0.710. The number of aromatic nitrogens is 4. The largest absolute Gasteiger partial charge is 0.477 e. The van der Waals surface area contributed by atoms with E-state index in [1.807, 2.05) is 32.0 Å². The standard InChI is InChI=1S/C17H19N5O3/c1-10(2)13(16-18-9-19-22(16)3)20-15-12(17(23)24)14(25-21-15)11-7-5-4-6-8-11/h4-10,13H,1-3H3,(H,20,21)(H,23,24). The second-order valence-corrected chi connectivity index (χ2v) is 6.01. The van der Waals surface area contributed by atoms with Crippen LogP contribution in [0.5, 0.6) is 0 Å². The van der Waals surface area contributed by atoms with E-state index in [0.717, 1.165) is 0 Å². The molecule has 0 saturated carbocycles. The Morgan fingerprint density at radius 2 is 2.00 bits per heavy atom. The third-order valence-electron chi connectivity index (χ3n) is 3.93. The highest BCUT2D eigenvalue weighted by Crippen LogP contribution is 2.32. The van der Waals surface area contributed by atoms with Crippen molar-refractivity contribution in [2.75, 3.05) is 5.32 Å². The number of carbonyl (C=O) groups is 1. The lowest BCUT2D eigenvalue weighted by molar-refractivity contribution is 0.0698. The van der Waals surface area contributed by atoms with Gasteiger partial charge in [-0.15, -0.1) is 0 Å². The summed E-state index contributed by atoms with van der Waals surface area (Å²) >= 11 is 0.